The first-order chi connectivity index (χ1) is 21.2. The maximum atomic E-state index is 14.7. The van der Waals surface area contributed by atoms with Crippen molar-refractivity contribution in [2.75, 3.05) is 17.6 Å². The van der Waals surface area contributed by atoms with Crippen molar-refractivity contribution in [1.82, 2.24) is 9.55 Å². The molecule has 0 spiro atoms. The molecular formula is C32H23F2N3O6S. The van der Waals surface area contributed by atoms with Gasteiger partial charge in [-0.2, -0.15) is 0 Å². The van der Waals surface area contributed by atoms with Gasteiger partial charge in [-0.15, -0.1) is 0 Å². The van der Waals surface area contributed by atoms with Crippen LogP contribution in [0, 0.1) is 11.6 Å². The number of anilines is 1. The fourth-order valence-electron chi connectivity index (χ4n) is 5.40. The predicted molar refractivity (Wildman–Crippen MR) is 161 cm³/mol. The van der Waals surface area contributed by atoms with Crippen molar-refractivity contribution in [2.45, 2.75) is 13.7 Å². The number of esters is 1. The third-order valence-electron chi connectivity index (χ3n) is 7.59. The van der Waals surface area contributed by atoms with Crippen LogP contribution in [0.5, 0.6) is 5.75 Å². The third kappa shape index (κ3) is 4.45. The van der Waals surface area contributed by atoms with E-state index in [1.54, 1.807) is 36.4 Å². The first kappa shape index (κ1) is 27.6. The van der Waals surface area contributed by atoms with E-state index in [-0.39, 0.29) is 40.9 Å². The minimum absolute atomic E-state index is 0.0807. The van der Waals surface area contributed by atoms with E-state index >= 15 is 0 Å². The Bertz CT molecular complexity index is 2240. The monoisotopic (exact) mass is 615 g/mol. The van der Waals surface area contributed by atoms with Crippen molar-refractivity contribution in [3.63, 3.8) is 0 Å². The van der Waals surface area contributed by atoms with Gasteiger partial charge in [-0.3, -0.25) is 4.72 Å². The minimum Gasteiger partial charge on any atom is -0.470 e. The number of sulfonamides is 1. The first-order valence-electron chi connectivity index (χ1n) is 13.5. The molecule has 9 nitrogen and oxygen atoms in total. The van der Waals surface area contributed by atoms with Crippen LogP contribution < -0.4 is 9.46 Å². The topological polar surface area (TPSA) is 113 Å². The average Bonchev–Trinajstić information content (AvgIpc) is 3.60. The standard InChI is InChI=1S/C32H23F2N3O6S/c1-3-44(39,40)36-24-15-28-21(29(32(38)41-2)31(43-28)17-7-9-18(33)10-8-17)13-20(24)23-11-12-27-30(35-23)26-14-19-22(34)5-4-6-25(19)37(26)16-42-27/h4-15,36H,3,16H2,1-2H3. The maximum absolute atomic E-state index is 14.7. The molecule has 222 valence electrons. The number of halogens is 2. The van der Waals surface area contributed by atoms with Gasteiger partial charge in [0, 0.05) is 28.0 Å². The van der Waals surface area contributed by atoms with E-state index in [1.807, 2.05) is 4.57 Å². The van der Waals surface area contributed by atoms with E-state index in [2.05, 4.69) is 4.72 Å². The molecule has 3 aromatic heterocycles. The molecule has 0 saturated heterocycles. The summed E-state index contributed by atoms with van der Waals surface area (Å²) in [5, 5.41) is 0.746. The lowest BCUT2D eigenvalue weighted by Gasteiger charge is -2.21. The fraction of sp³-hybridized carbons (Fsp3) is 0.125. The number of nitrogens with zero attached hydrogens (tertiary/aromatic N) is 2. The van der Waals surface area contributed by atoms with Crippen LogP contribution in [0.2, 0.25) is 0 Å². The molecule has 0 amide bonds. The SMILES string of the molecule is CCS(=O)(=O)Nc1cc2oc(-c3ccc(F)cc3)c(C(=O)OC)c2cc1-c1ccc2c(n1)-c1cc3c(F)cccc3n1CO2. The number of nitrogens with one attached hydrogen (secondary N) is 1. The van der Waals surface area contributed by atoms with Crippen molar-refractivity contribution in [3.8, 4) is 39.7 Å². The molecule has 0 radical (unpaired) electrons. The minimum atomic E-state index is -3.76. The van der Waals surface area contributed by atoms with E-state index in [4.69, 9.17) is 18.9 Å². The number of hydrogen-bond acceptors (Lipinski definition) is 7. The molecule has 12 heteroatoms. The number of benzene rings is 3. The van der Waals surface area contributed by atoms with Gasteiger partial charge in [0.2, 0.25) is 10.0 Å². The summed E-state index contributed by atoms with van der Waals surface area (Å²) in [5.74, 6) is -1.14. The Morgan fingerprint density at radius 3 is 2.59 bits per heavy atom. The van der Waals surface area contributed by atoms with E-state index in [1.165, 1.54) is 50.4 Å². The Labute approximate surface area is 249 Å². The van der Waals surface area contributed by atoms with Gasteiger partial charge in [0.1, 0.15) is 40.0 Å². The van der Waals surface area contributed by atoms with Crippen LogP contribution in [0.4, 0.5) is 14.5 Å². The smallest absolute Gasteiger partial charge is 0.342 e. The van der Waals surface area contributed by atoms with Crippen LogP contribution in [-0.2, 0) is 21.5 Å². The van der Waals surface area contributed by atoms with Gasteiger partial charge in [0.05, 0.1) is 35.5 Å². The van der Waals surface area contributed by atoms with Gasteiger partial charge in [0.25, 0.3) is 0 Å². The average molecular weight is 616 g/mol. The van der Waals surface area contributed by atoms with Crippen molar-refractivity contribution >= 4 is 43.6 Å². The summed E-state index contributed by atoms with van der Waals surface area (Å²) in [6.45, 7) is 1.66. The summed E-state index contributed by atoms with van der Waals surface area (Å²) in [4.78, 5) is 17.9. The highest BCUT2D eigenvalue weighted by Gasteiger charge is 2.27. The van der Waals surface area contributed by atoms with Crippen molar-refractivity contribution in [2.24, 2.45) is 0 Å². The van der Waals surface area contributed by atoms with E-state index in [9.17, 15) is 22.0 Å². The lowest BCUT2D eigenvalue weighted by atomic mass is 10.0. The normalized spacial score (nSPS) is 12.5. The lowest BCUT2D eigenvalue weighted by Crippen LogP contribution is -2.16. The lowest BCUT2D eigenvalue weighted by molar-refractivity contribution is 0.0603. The van der Waals surface area contributed by atoms with Gasteiger partial charge in [-0.1, -0.05) is 6.07 Å². The second kappa shape index (κ2) is 10.2. The van der Waals surface area contributed by atoms with Gasteiger partial charge < -0.3 is 18.5 Å². The largest absolute Gasteiger partial charge is 0.470 e. The van der Waals surface area contributed by atoms with Gasteiger partial charge in [0.15, 0.2) is 6.73 Å². The number of hydrogen-bond donors (Lipinski definition) is 1. The second-order valence-electron chi connectivity index (χ2n) is 10.2. The van der Waals surface area contributed by atoms with Crippen LogP contribution in [0.15, 0.2) is 77.2 Å². The second-order valence-corrected chi connectivity index (χ2v) is 12.2. The van der Waals surface area contributed by atoms with Crippen molar-refractivity contribution < 1.29 is 35.9 Å². The highest BCUT2D eigenvalue weighted by Crippen LogP contribution is 2.43. The maximum Gasteiger partial charge on any atom is 0.342 e. The molecule has 0 unspecified atom stereocenters. The first-order valence-corrected chi connectivity index (χ1v) is 15.2. The van der Waals surface area contributed by atoms with Crippen LogP contribution in [0.3, 0.4) is 0 Å². The van der Waals surface area contributed by atoms with Crippen LogP contribution in [0.25, 0.3) is 55.8 Å². The predicted octanol–water partition coefficient (Wildman–Crippen LogP) is 6.96. The molecule has 3 aromatic carbocycles. The molecule has 44 heavy (non-hydrogen) atoms. The molecule has 0 bridgehead atoms. The van der Waals surface area contributed by atoms with Gasteiger partial charge >= 0.3 is 5.97 Å². The van der Waals surface area contributed by atoms with E-state index in [0.717, 1.165) is 0 Å². The summed E-state index contributed by atoms with van der Waals surface area (Å²) in [6, 6.07) is 18.3. The number of ether oxygens (including phenoxy) is 2. The third-order valence-corrected chi connectivity index (χ3v) is 8.88. The summed E-state index contributed by atoms with van der Waals surface area (Å²) >= 11 is 0. The molecule has 0 atom stereocenters. The van der Waals surface area contributed by atoms with Crippen LogP contribution in [0.1, 0.15) is 17.3 Å². The number of methoxy groups -OCH3 is 1. The fourth-order valence-corrected chi connectivity index (χ4v) is 6.05. The highest BCUT2D eigenvalue weighted by molar-refractivity contribution is 7.92. The molecule has 7 rings (SSSR count). The summed E-state index contributed by atoms with van der Waals surface area (Å²) in [6.07, 6.45) is 0. The zero-order valence-corrected chi connectivity index (χ0v) is 24.2. The van der Waals surface area contributed by atoms with Gasteiger partial charge in [-0.05, 0) is 67.6 Å². The molecule has 1 aliphatic rings. The Balaban J connectivity index is 1.47. The number of furan rings is 1. The van der Waals surface area contributed by atoms with Crippen LogP contribution in [-0.4, -0.2) is 36.8 Å². The zero-order chi connectivity index (χ0) is 30.7. The number of carbonyl (C=O) groups excluding carboxylic acids is 1. The Morgan fingerprint density at radius 2 is 1.84 bits per heavy atom. The summed E-state index contributed by atoms with van der Waals surface area (Å²) in [5.41, 5.74) is 3.25. The van der Waals surface area contributed by atoms with Crippen molar-refractivity contribution in [1.29, 1.82) is 0 Å². The molecule has 6 aromatic rings. The molecule has 4 heterocycles. The summed E-state index contributed by atoms with van der Waals surface area (Å²) < 4.78 is 75.3. The molecule has 0 fully saturated rings. The highest BCUT2D eigenvalue weighted by atomic mass is 32.2. The molecule has 1 aliphatic heterocycles. The number of aromatic nitrogens is 2. The van der Waals surface area contributed by atoms with E-state index in [0.29, 0.717) is 50.2 Å². The number of carbonyl (C=O) groups is 1. The van der Waals surface area contributed by atoms with Crippen LogP contribution >= 0.6 is 0 Å². The number of rotatable bonds is 6. The molecule has 0 aliphatic carbocycles. The quantitative estimate of drug-likeness (QED) is 0.202. The Hall–Kier alpha value is -5.23. The van der Waals surface area contributed by atoms with Gasteiger partial charge in [-0.25, -0.2) is 27.0 Å². The summed E-state index contributed by atoms with van der Waals surface area (Å²) in [7, 11) is -2.53. The Morgan fingerprint density at radius 1 is 1.05 bits per heavy atom. The zero-order valence-electron chi connectivity index (χ0n) is 23.4. The molecule has 1 N–H and O–H groups in total. The number of pyridine rings is 1. The Kier molecular flexibility index (Phi) is 6.39. The molecular weight excluding hydrogens is 592 g/mol. The molecule has 0 saturated carbocycles. The van der Waals surface area contributed by atoms with Crippen molar-refractivity contribution in [3.05, 3.63) is 90.0 Å². The number of fused-ring (bicyclic) bond motifs is 6. The van der Waals surface area contributed by atoms with E-state index < -0.39 is 21.8 Å².